The number of benzene rings is 1. The average Bonchev–Trinajstić information content (AvgIpc) is 2.45. The number of carbonyl (C=O) groups is 1. The number of aromatic carboxylic acids is 1. The van der Waals surface area contributed by atoms with Crippen molar-refractivity contribution in [2.45, 2.75) is 26.8 Å². The van der Waals surface area contributed by atoms with Crippen LogP contribution in [0.2, 0.25) is 0 Å². The van der Waals surface area contributed by atoms with Crippen LogP contribution in [0.1, 0.15) is 34.1 Å². The summed E-state index contributed by atoms with van der Waals surface area (Å²) in [4.78, 5) is 15.3. The maximum Gasteiger partial charge on any atom is 0.335 e. The van der Waals surface area contributed by atoms with Crippen molar-refractivity contribution < 1.29 is 9.90 Å². The fourth-order valence-corrected chi connectivity index (χ4v) is 2.15. The largest absolute Gasteiger partial charge is 0.478 e. The van der Waals surface area contributed by atoms with Crippen LogP contribution in [-0.2, 0) is 13.0 Å². The van der Waals surface area contributed by atoms with Gasteiger partial charge >= 0.3 is 5.97 Å². The Morgan fingerprint density at radius 3 is 2.80 bits per heavy atom. The number of aromatic nitrogens is 1. The van der Waals surface area contributed by atoms with Crippen molar-refractivity contribution in [3.05, 3.63) is 58.9 Å². The first-order chi connectivity index (χ1) is 9.61. The van der Waals surface area contributed by atoms with E-state index in [0.717, 1.165) is 23.4 Å². The number of carboxylic acid groups (broad SMARTS) is 1. The first-order valence-corrected chi connectivity index (χ1v) is 6.62. The van der Waals surface area contributed by atoms with E-state index in [9.17, 15) is 4.79 Å². The van der Waals surface area contributed by atoms with Gasteiger partial charge in [-0.05, 0) is 48.7 Å². The van der Waals surface area contributed by atoms with Gasteiger partial charge in [0.05, 0.1) is 17.8 Å². The highest BCUT2D eigenvalue weighted by atomic mass is 16.4. The van der Waals surface area contributed by atoms with Crippen LogP contribution in [-0.4, -0.2) is 16.1 Å². The third kappa shape index (κ3) is 3.15. The zero-order valence-electron chi connectivity index (χ0n) is 11.7. The number of nitrogens with one attached hydrogen (secondary N) is 1. The monoisotopic (exact) mass is 270 g/mol. The Hall–Kier alpha value is -2.36. The molecule has 4 nitrogen and oxygen atoms in total. The van der Waals surface area contributed by atoms with E-state index in [1.807, 2.05) is 12.1 Å². The molecular formula is C16H18N2O2. The van der Waals surface area contributed by atoms with Crippen molar-refractivity contribution in [2.75, 3.05) is 5.32 Å². The molecule has 0 fully saturated rings. The molecule has 2 rings (SSSR count). The van der Waals surface area contributed by atoms with Crippen LogP contribution in [0, 0.1) is 6.92 Å². The second kappa shape index (κ2) is 6.19. The molecule has 2 N–H and O–H groups in total. The van der Waals surface area contributed by atoms with E-state index < -0.39 is 5.97 Å². The molecule has 0 amide bonds. The topological polar surface area (TPSA) is 62.2 Å². The van der Waals surface area contributed by atoms with Gasteiger partial charge in [0, 0.05) is 11.9 Å². The number of nitrogens with zero attached hydrogens (tertiary/aromatic N) is 1. The normalized spacial score (nSPS) is 10.3. The number of aryl methyl sites for hydroxylation is 2. The Bertz CT molecular complexity index is 624. The predicted octanol–water partition coefficient (Wildman–Crippen LogP) is 3.26. The molecule has 0 aliphatic rings. The van der Waals surface area contributed by atoms with E-state index in [1.54, 1.807) is 25.3 Å². The Morgan fingerprint density at radius 1 is 1.35 bits per heavy atom. The van der Waals surface area contributed by atoms with E-state index in [2.05, 4.69) is 23.3 Å². The van der Waals surface area contributed by atoms with E-state index in [0.29, 0.717) is 12.1 Å². The maximum absolute atomic E-state index is 11.0. The van der Waals surface area contributed by atoms with Gasteiger partial charge in [-0.15, -0.1) is 0 Å². The molecule has 4 heteroatoms. The van der Waals surface area contributed by atoms with Crippen molar-refractivity contribution in [3.63, 3.8) is 0 Å². The van der Waals surface area contributed by atoms with Gasteiger partial charge in [0.1, 0.15) is 0 Å². The molecule has 0 radical (unpaired) electrons. The van der Waals surface area contributed by atoms with E-state index in [1.165, 1.54) is 5.56 Å². The highest BCUT2D eigenvalue weighted by molar-refractivity contribution is 5.89. The quantitative estimate of drug-likeness (QED) is 0.875. The van der Waals surface area contributed by atoms with Crippen LogP contribution in [0.25, 0.3) is 0 Å². The smallest absolute Gasteiger partial charge is 0.335 e. The van der Waals surface area contributed by atoms with Crippen molar-refractivity contribution >= 4 is 11.7 Å². The minimum atomic E-state index is -0.896. The highest BCUT2D eigenvalue weighted by Crippen LogP contribution is 2.16. The summed E-state index contributed by atoms with van der Waals surface area (Å²) in [7, 11) is 0. The third-order valence-electron chi connectivity index (χ3n) is 3.28. The third-order valence-corrected chi connectivity index (χ3v) is 3.28. The number of hydrogen-bond acceptors (Lipinski definition) is 3. The van der Waals surface area contributed by atoms with Gasteiger partial charge in [0.25, 0.3) is 0 Å². The second-order valence-electron chi connectivity index (χ2n) is 4.65. The molecule has 0 atom stereocenters. The minimum Gasteiger partial charge on any atom is -0.478 e. The van der Waals surface area contributed by atoms with Gasteiger partial charge in [0.2, 0.25) is 0 Å². The molecule has 1 aromatic heterocycles. The first-order valence-electron chi connectivity index (χ1n) is 6.62. The van der Waals surface area contributed by atoms with Crippen molar-refractivity contribution in [3.8, 4) is 0 Å². The zero-order chi connectivity index (χ0) is 14.5. The van der Waals surface area contributed by atoms with Gasteiger partial charge in [-0.1, -0.05) is 13.0 Å². The van der Waals surface area contributed by atoms with Crippen LogP contribution in [0.4, 0.5) is 5.69 Å². The summed E-state index contributed by atoms with van der Waals surface area (Å²) in [6, 6.07) is 9.26. The number of hydrogen-bond donors (Lipinski definition) is 2. The fourth-order valence-electron chi connectivity index (χ4n) is 2.15. The Kier molecular flexibility index (Phi) is 4.35. The molecule has 2 aromatic rings. The molecule has 0 aliphatic carbocycles. The molecule has 0 bridgehead atoms. The summed E-state index contributed by atoms with van der Waals surface area (Å²) in [5, 5.41) is 12.3. The molecule has 104 valence electrons. The standard InChI is InChI=1S/C16H18N2O2/c1-3-12-5-4-8-17-15(12)10-18-13-6-7-14(16(19)20)11(2)9-13/h4-9,18H,3,10H2,1-2H3,(H,19,20). The lowest BCUT2D eigenvalue weighted by Crippen LogP contribution is -2.06. The van der Waals surface area contributed by atoms with Gasteiger partial charge in [-0.2, -0.15) is 0 Å². The zero-order valence-corrected chi connectivity index (χ0v) is 11.7. The van der Waals surface area contributed by atoms with Crippen LogP contribution in [0.5, 0.6) is 0 Å². The molecular weight excluding hydrogens is 252 g/mol. The van der Waals surface area contributed by atoms with Crippen LogP contribution in [0.3, 0.4) is 0 Å². The summed E-state index contributed by atoms with van der Waals surface area (Å²) in [5.74, 6) is -0.896. The summed E-state index contributed by atoms with van der Waals surface area (Å²) >= 11 is 0. The van der Waals surface area contributed by atoms with Crippen LogP contribution < -0.4 is 5.32 Å². The summed E-state index contributed by atoms with van der Waals surface area (Å²) in [6.07, 6.45) is 2.73. The fraction of sp³-hybridized carbons (Fsp3) is 0.250. The maximum atomic E-state index is 11.0. The molecule has 0 saturated heterocycles. The van der Waals surface area contributed by atoms with Crippen LogP contribution >= 0.6 is 0 Å². The Morgan fingerprint density at radius 2 is 2.15 bits per heavy atom. The van der Waals surface area contributed by atoms with Crippen molar-refractivity contribution in [1.82, 2.24) is 4.98 Å². The molecule has 1 heterocycles. The molecule has 0 aliphatic heterocycles. The average molecular weight is 270 g/mol. The van der Waals surface area contributed by atoms with Crippen LogP contribution in [0.15, 0.2) is 36.5 Å². The molecule has 1 aromatic carbocycles. The summed E-state index contributed by atoms with van der Waals surface area (Å²) in [6.45, 7) is 4.54. The first kappa shape index (κ1) is 14.1. The van der Waals surface area contributed by atoms with Gasteiger partial charge in [-0.25, -0.2) is 4.79 Å². The number of anilines is 1. The predicted molar refractivity (Wildman–Crippen MR) is 79.1 cm³/mol. The SMILES string of the molecule is CCc1cccnc1CNc1ccc(C(=O)O)c(C)c1. The summed E-state index contributed by atoms with van der Waals surface area (Å²) in [5.41, 5.74) is 4.23. The molecule has 0 saturated carbocycles. The van der Waals surface area contributed by atoms with E-state index >= 15 is 0 Å². The lowest BCUT2D eigenvalue weighted by Gasteiger charge is -2.10. The van der Waals surface area contributed by atoms with Gasteiger partial charge < -0.3 is 10.4 Å². The van der Waals surface area contributed by atoms with Gasteiger partial charge in [0.15, 0.2) is 0 Å². The highest BCUT2D eigenvalue weighted by Gasteiger charge is 2.07. The van der Waals surface area contributed by atoms with E-state index in [4.69, 9.17) is 5.11 Å². The minimum absolute atomic E-state index is 0.336. The second-order valence-corrected chi connectivity index (χ2v) is 4.65. The number of rotatable bonds is 5. The Labute approximate surface area is 118 Å². The number of carboxylic acids is 1. The lowest BCUT2D eigenvalue weighted by atomic mass is 10.1. The molecule has 0 spiro atoms. The molecule has 0 unspecified atom stereocenters. The van der Waals surface area contributed by atoms with E-state index in [-0.39, 0.29) is 0 Å². The van der Waals surface area contributed by atoms with Gasteiger partial charge in [-0.3, -0.25) is 4.98 Å². The number of pyridine rings is 1. The molecule has 20 heavy (non-hydrogen) atoms. The lowest BCUT2D eigenvalue weighted by molar-refractivity contribution is 0.0696. The Balaban J connectivity index is 2.11. The van der Waals surface area contributed by atoms with Crippen molar-refractivity contribution in [2.24, 2.45) is 0 Å². The summed E-state index contributed by atoms with van der Waals surface area (Å²) < 4.78 is 0. The van der Waals surface area contributed by atoms with Crippen molar-refractivity contribution in [1.29, 1.82) is 0 Å².